The van der Waals surface area contributed by atoms with E-state index in [1.165, 1.54) is 6.07 Å². The van der Waals surface area contributed by atoms with Crippen LogP contribution in [-0.4, -0.2) is 40.0 Å². The third-order valence-electron chi connectivity index (χ3n) is 2.92. The first-order chi connectivity index (χ1) is 9.17. The molecular weight excluding hydrogens is 252 g/mol. The van der Waals surface area contributed by atoms with Gasteiger partial charge < -0.3 is 14.8 Å². The van der Waals surface area contributed by atoms with E-state index in [-0.39, 0.29) is 11.9 Å². The molecule has 0 amide bonds. The number of benzene rings is 1. The van der Waals surface area contributed by atoms with Crippen molar-refractivity contribution < 1.29 is 18.3 Å². The standard InChI is InChI=1S/C14H21F2NO2/c1-17-13(5-6-19-8-7-18-2)10-11-9-12(15)3-4-14(11)16/h3-4,9,13,17H,5-8,10H2,1-2H3. The first-order valence-corrected chi connectivity index (χ1v) is 6.35. The summed E-state index contributed by atoms with van der Waals surface area (Å²) < 4.78 is 36.8. The summed E-state index contributed by atoms with van der Waals surface area (Å²) in [5, 5.41) is 3.09. The third-order valence-corrected chi connectivity index (χ3v) is 2.92. The molecule has 0 heterocycles. The molecule has 0 aliphatic carbocycles. The zero-order valence-electron chi connectivity index (χ0n) is 11.4. The second-order valence-electron chi connectivity index (χ2n) is 4.32. The van der Waals surface area contributed by atoms with Crippen LogP contribution in [0.5, 0.6) is 0 Å². The Morgan fingerprint density at radius 2 is 2.00 bits per heavy atom. The number of nitrogens with one attached hydrogen (secondary N) is 1. The summed E-state index contributed by atoms with van der Waals surface area (Å²) in [7, 11) is 3.42. The van der Waals surface area contributed by atoms with Crippen LogP contribution in [0.1, 0.15) is 12.0 Å². The normalized spacial score (nSPS) is 12.6. The molecule has 1 unspecified atom stereocenters. The summed E-state index contributed by atoms with van der Waals surface area (Å²) in [6.07, 6.45) is 1.17. The quantitative estimate of drug-likeness (QED) is 0.699. The highest BCUT2D eigenvalue weighted by Crippen LogP contribution is 2.13. The summed E-state index contributed by atoms with van der Waals surface area (Å²) in [6, 6.07) is 3.58. The van der Waals surface area contributed by atoms with Gasteiger partial charge in [0.15, 0.2) is 0 Å². The lowest BCUT2D eigenvalue weighted by molar-refractivity contribution is 0.0661. The summed E-state index contributed by atoms with van der Waals surface area (Å²) in [5.74, 6) is -0.787. The second kappa shape index (κ2) is 8.96. The topological polar surface area (TPSA) is 30.5 Å². The van der Waals surface area contributed by atoms with Crippen LogP contribution in [-0.2, 0) is 15.9 Å². The zero-order valence-corrected chi connectivity index (χ0v) is 11.4. The van der Waals surface area contributed by atoms with Crippen molar-refractivity contribution in [2.75, 3.05) is 34.0 Å². The molecule has 1 N–H and O–H groups in total. The first-order valence-electron chi connectivity index (χ1n) is 6.35. The molecule has 0 aromatic heterocycles. The minimum atomic E-state index is -0.414. The van der Waals surface area contributed by atoms with Gasteiger partial charge in [-0.05, 0) is 43.7 Å². The van der Waals surface area contributed by atoms with Crippen molar-refractivity contribution in [3.8, 4) is 0 Å². The molecule has 5 heteroatoms. The van der Waals surface area contributed by atoms with Gasteiger partial charge in [0.2, 0.25) is 0 Å². The van der Waals surface area contributed by atoms with Crippen molar-refractivity contribution in [2.24, 2.45) is 0 Å². The molecule has 1 atom stereocenters. The number of rotatable bonds is 9. The lowest BCUT2D eigenvalue weighted by Gasteiger charge is -2.16. The van der Waals surface area contributed by atoms with Gasteiger partial charge >= 0.3 is 0 Å². The van der Waals surface area contributed by atoms with E-state index in [9.17, 15) is 8.78 Å². The average Bonchev–Trinajstić information content (AvgIpc) is 2.41. The number of hydrogen-bond acceptors (Lipinski definition) is 3. The fourth-order valence-electron chi connectivity index (χ4n) is 1.78. The number of hydrogen-bond donors (Lipinski definition) is 1. The summed E-state index contributed by atoms with van der Waals surface area (Å²) in [4.78, 5) is 0. The van der Waals surface area contributed by atoms with Crippen LogP contribution in [0, 0.1) is 11.6 Å². The molecule has 0 spiro atoms. The van der Waals surface area contributed by atoms with Crippen molar-refractivity contribution in [3.63, 3.8) is 0 Å². The molecular formula is C14H21F2NO2. The van der Waals surface area contributed by atoms with Gasteiger partial charge in [0.25, 0.3) is 0 Å². The van der Waals surface area contributed by atoms with Crippen LogP contribution < -0.4 is 5.32 Å². The molecule has 19 heavy (non-hydrogen) atoms. The highest BCUT2D eigenvalue weighted by atomic mass is 19.1. The second-order valence-corrected chi connectivity index (χ2v) is 4.32. The Labute approximate surface area is 112 Å². The fraction of sp³-hybridized carbons (Fsp3) is 0.571. The Bertz CT molecular complexity index is 374. The Morgan fingerprint density at radius 3 is 2.68 bits per heavy atom. The molecule has 0 aliphatic heterocycles. The van der Waals surface area contributed by atoms with Crippen LogP contribution in [0.2, 0.25) is 0 Å². The van der Waals surface area contributed by atoms with Crippen molar-refractivity contribution in [3.05, 3.63) is 35.4 Å². The van der Waals surface area contributed by atoms with Gasteiger partial charge in [0.1, 0.15) is 11.6 Å². The van der Waals surface area contributed by atoms with Crippen LogP contribution in [0.25, 0.3) is 0 Å². The zero-order chi connectivity index (χ0) is 14.1. The van der Waals surface area contributed by atoms with Gasteiger partial charge in [0.05, 0.1) is 13.2 Å². The number of likely N-dealkylation sites (N-methyl/N-ethyl adjacent to an activating group) is 1. The predicted octanol–water partition coefficient (Wildman–Crippen LogP) is 2.15. The van der Waals surface area contributed by atoms with Crippen LogP contribution in [0.4, 0.5) is 8.78 Å². The molecule has 0 aliphatic rings. The largest absolute Gasteiger partial charge is 0.382 e. The van der Waals surface area contributed by atoms with Gasteiger partial charge in [-0.1, -0.05) is 0 Å². The van der Waals surface area contributed by atoms with Crippen LogP contribution in [0.3, 0.4) is 0 Å². The minimum Gasteiger partial charge on any atom is -0.382 e. The van der Waals surface area contributed by atoms with E-state index in [0.717, 1.165) is 18.6 Å². The fourth-order valence-corrected chi connectivity index (χ4v) is 1.78. The van der Waals surface area contributed by atoms with E-state index in [1.54, 1.807) is 14.2 Å². The van der Waals surface area contributed by atoms with Crippen LogP contribution >= 0.6 is 0 Å². The maximum Gasteiger partial charge on any atom is 0.126 e. The highest BCUT2D eigenvalue weighted by molar-refractivity contribution is 5.19. The number of halogens is 2. The Balaban J connectivity index is 2.41. The van der Waals surface area contributed by atoms with Crippen molar-refractivity contribution in [1.29, 1.82) is 0 Å². The molecule has 1 aromatic carbocycles. The smallest absolute Gasteiger partial charge is 0.126 e. The van der Waals surface area contributed by atoms with Gasteiger partial charge in [0, 0.05) is 19.8 Å². The molecule has 0 saturated heterocycles. The van der Waals surface area contributed by atoms with Gasteiger partial charge in [-0.2, -0.15) is 0 Å². The molecule has 3 nitrogen and oxygen atoms in total. The monoisotopic (exact) mass is 273 g/mol. The SMILES string of the molecule is CNC(CCOCCOC)Cc1cc(F)ccc1F. The maximum atomic E-state index is 13.5. The van der Waals surface area contributed by atoms with Crippen LogP contribution in [0.15, 0.2) is 18.2 Å². The Morgan fingerprint density at radius 1 is 1.21 bits per heavy atom. The molecule has 0 saturated carbocycles. The van der Waals surface area contributed by atoms with Crippen molar-refractivity contribution in [1.82, 2.24) is 5.32 Å². The minimum absolute atomic E-state index is 0.0545. The summed E-state index contributed by atoms with van der Waals surface area (Å²) in [6.45, 7) is 1.66. The van der Waals surface area contributed by atoms with Crippen molar-refractivity contribution >= 4 is 0 Å². The summed E-state index contributed by atoms with van der Waals surface area (Å²) in [5.41, 5.74) is 0.385. The maximum absolute atomic E-state index is 13.5. The highest BCUT2D eigenvalue weighted by Gasteiger charge is 2.11. The van der Waals surface area contributed by atoms with Gasteiger partial charge in [-0.3, -0.25) is 0 Å². The summed E-state index contributed by atoms with van der Waals surface area (Å²) >= 11 is 0. The van der Waals surface area contributed by atoms with E-state index < -0.39 is 5.82 Å². The number of methoxy groups -OCH3 is 1. The molecule has 0 bridgehead atoms. The predicted molar refractivity (Wildman–Crippen MR) is 70.2 cm³/mol. The lowest BCUT2D eigenvalue weighted by atomic mass is 10.0. The Hall–Kier alpha value is -1.04. The van der Waals surface area contributed by atoms with E-state index in [4.69, 9.17) is 9.47 Å². The van der Waals surface area contributed by atoms with Gasteiger partial charge in [-0.25, -0.2) is 8.78 Å². The van der Waals surface area contributed by atoms with Gasteiger partial charge in [-0.15, -0.1) is 0 Å². The molecule has 108 valence electrons. The van der Waals surface area contributed by atoms with E-state index in [1.807, 2.05) is 0 Å². The van der Waals surface area contributed by atoms with E-state index in [2.05, 4.69) is 5.32 Å². The lowest BCUT2D eigenvalue weighted by Crippen LogP contribution is -2.29. The molecule has 1 rings (SSSR count). The average molecular weight is 273 g/mol. The molecule has 1 aromatic rings. The number of ether oxygens (including phenoxy) is 2. The first kappa shape index (κ1) is 16.0. The Kier molecular flexibility index (Phi) is 7.55. The van der Waals surface area contributed by atoms with Crippen molar-refractivity contribution in [2.45, 2.75) is 18.9 Å². The third kappa shape index (κ3) is 6.09. The molecule has 0 fully saturated rings. The van der Waals surface area contributed by atoms with E-state index in [0.29, 0.717) is 31.8 Å². The van der Waals surface area contributed by atoms with E-state index >= 15 is 0 Å². The molecule has 0 radical (unpaired) electrons.